The number of rotatable bonds is 5. The highest BCUT2D eigenvalue weighted by Gasteiger charge is 2.21. The zero-order chi connectivity index (χ0) is 12.2. The van der Waals surface area contributed by atoms with Crippen LogP contribution in [0.3, 0.4) is 0 Å². The molecule has 2 N–H and O–H groups in total. The van der Waals surface area contributed by atoms with Crippen LogP contribution >= 0.6 is 0 Å². The standard InChI is InChI=1S/C14H23NO/c1-11(15)9-14(2,3)10-12-7-5-6-8-13(12)16-4/h5-8,11H,9-10,15H2,1-4H3. The molecule has 2 heteroatoms. The lowest BCUT2D eigenvalue weighted by molar-refractivity contribution is 0.303. The molecule has 0 bridgehead atoms. The van der Waals surface area contributed by atoms with E-state index in [2.05, 4.69) is 32.9 Å². The van der Waals surface area contributed by atoms with Crippen molar-refractivity contribution in [1.82, 2.24) is 0 Å². The van der Waals surface area contributed by atoms with Gasteiger partial charge in [-0.3, -0.25) is 0 Å². The van der Waals surface area contributed by atoms with Crippen molar-refractivity contribution < 1.29 is 4.74 Å². The minimum Gasteiger partial charge on any atom is -0.496 e. The van der Waals surface area contributed by atoms with Gasteiger partial charge in [-0.2, -0.15) is 0 Å². The van der Waals surface area contributed by atoms with Gasteiger partial charge in [-0.15, -0.1) is 0 Å². The van der Waals surface area contributed by atoms with E-state index in [-0.39, 0.29) is 11.5 Å². The van der Waals surface area contributed by atoms with Crippen molar-refractivity contribution in [2.24, 2.45) is 11.1 Å². The Kier molecular flexibility index (Phi) is 4.36. The summed E-state index contributed by atoms with van der Waals surface area (Å²) < 4.78 is 5.36. The van der Waals surface area contributed by atoms with Crippen LogP contribution in [0.1, 0.15) is 32.8 Å². The van der Waals surface area contributed by atoms with Crippen LogP contribution in [0, 0.1) is 5.41 Å². The van der Waals surface area contributed by atoms with E-state index in [9.17, 15) is 0 Å². The summed E-state index contributed by atoms with van der Waals surface area (Å²) in [6.07, 6.45) is 2.02. The van der Waals surface area contributed by atoms with Gasteiger partial charge >= 0.3 is 0 Å². The van der Waals surface area contributed by atoms with Crippen molar-refractivity contribution in [2.75, 3.05) is 7.11 Å². The zero-order valence-corrected chi connectivity index (χ0v) is 10.8. The van der Waals surface area contributed by atoms with Gasteiger partial charge in [-0.1, -0.05) is 32.0 Å². The largest absolute Gasteiger partial charge is 0.496 e. The fraction of sp³-hybridized carbons (Fsp3) is 0.571. The number of hydrogen-bond donors (Lipinski definition) is 1. The maximum absolute atomic E-state index is 5.87. The summed E-state index contributed by atoms with van der Waals surface area (Å²) in [6.45, 7) is 6.57. The van der Waals surface area contributed by atoms with Crippen molar-refractivity contribution in [1.29, 1.82) is 0 Å². The first-order valence-corrected chi connectivity index (χ1v) is 5.82. The summed E-state index contributed by atoms with van der Waals surface area (Å²) in [5, 5.41) is 0. The average molecular weight is 221 g/mol. The Hall–Kier alpha value is -1.02. The first-order chi connectivity index (χ1) is 7.44. The molecule has 0 aliphatic carbocycles. The quantitative estimate of drug-likeness (QED) is 0.829. The third-order valence-corrected chi connectivity index (χ3v) is 2.74. The van der Waals surface area contributed by atoms with Crippen LogP contribution in [-0.4, -0.2) is 13.2 Å². The summed E-state index contributed by atoms with van der Waals surface area (Å²) in [7, 11) is 1.72. The minimum absolute atomic E-state index is 0.211. The topological polar surface area (TPSA) is 35.2 Å². The number of benzene rings is 1. The van der Waals surface area contributed by atoms with Crippen molar-refractivity contribution in [3.63, 3.8) is 0 Å². The Balaban J connectivity index is 2.78. The Morgan fingerprint density at radius 2 is 1.94 bits per heavy atom. The fourth-order valence-corrected chi connectivity index (χ4v) is 2.31. The Bertz CT molecular complexity index is 331. The molecule has 0 aromatic heterocycles. The van der Waals surface area contributed by atoms with E-state index in [1.165, 1.54) is 5.56 Å². The minimum atomic E-state index is 0.211. The summed E-state index contributed by atoms with van der Waals surface area (Å²) >= 11 is 0. The molecule has 1 rings (SSSR count). The SMILES string of the molecule is COc1ccccc1CC(C)(C)CC(C)N. The summed E-state index contributed by atoms with van der Waals surface area (Å²) in [5.74, 6) is 0.972. The highest BCUT2D eigenvalue weighted by atomic mass is 16.5. The molecule has 0 saturated carbocycles. The lowest BCUT2D eigenvalue weighted by atomic mass is 9.80. The third kappa shape index (κ3) is 3.86. The van der Waals surface area contributed by atoms with Crippen LogP contribution < -0.4 is 10.5 Å². The lowest BCUT2D eigenvalue weighted by Gasteiger charge is -2.27. The second-order valence-electron chi connectivity index (χ2n) is 5.33. The highest BCUT2D eigenvalue weighted by molar-refractivity contribution is 5.33. The normalized spacial score (nSPS) is 13.6. The molecule has 1 atom stereocenters. The van der Waals surface area contributed by atoms with E-state index in [1.807, 2.05) is 12.1 Å². The van der Waals surface area contributed by atoms with Gasteiger partial charge in [0.15, 0.2) is 0 Å². The molecule has 0 aliphatic rings. The van der Waals surface area contributed by atoms with E-state index >= 15 is 0 Å². The van der Waals surface area contributed by atoms with Gasteiger partial charge in [0.1, 0.15) is 5.75 Å². The molecule has 90 valence electrons. The maximum Gasteiger partial charge on any atom is 0.122 e. The highest BCUT2D eigenvalue weighted by Crippen LogP contribution is 2.30. The Morgan fingerprint density at radius 3 is 2.50 bits per heavy atom. The third-order valence-electron chi connectivity index (χ3n) is 2.74. The molecule has 0 radical (unpaired) electrons. The predicted molar refractivity (Wildman–Crippen MR) is 68.7 cm³/mol. The van der Waals surface area contributed by atoms with Gasteiger partial charge in [0.05, 0.1) is 7.11 Å². The molecular formula is C14H23NO. The van der Waals surface area contributed by atoms with Crippen molar-refractivity contribution >= 4 is 0 Å². The first-order valence-electron chi connectivity index (χ1n) is 5.82. The fourth-order valence-electron chi connectivity index (χ4n) is 2.31. The molecular weight excluding hydrogens is 198 g/mol. The predicted octanol–water partition coefficient (Wildman–Crippen LogP) is 3.00. The van der Waals surface area contributed by atoms with Crippen LogP contribution in [0.2, 0.25) is 0 Å². The van der Waals surface area contributed by atoms with Crippen LogP contribution in [-0.2, 0) is 6.42 Å². The number of hydrogen-bond acceptors (Lipinski definition) is 2. The van der Waals surface area contributed by atoms with E-state index in [1.54, 1.807) is 7.11 Å². The molecule has 1 unspecified atom stereocenters. The van der Waals surface area contributed by atoms with E-state index in [4.69, 9.17) is 10.5 Å². The van der Waals surface area contributed by atoms with Crippen LogP contribution in [0.15, 0.2) is 24.3 Å². The molecule has 0 aliphatic heterocycles. The van der Waals surface area contributed by atoms with Crippen LogP contribution in [0.25, 0.3) is 0 Å². The Labute approximate surface area is 98.8 Å². The van der Waals surface area contributed by atoms with Gasteiger partial charge in [0.2, 0.25) is 0 Å². The van der Waals surface area contributed by atoms with Crippen LogP contribution in [0.4, 0.5) is 0 Å². The van der Waals surface area contributed by atoms with E-state index in [0.29, 0.717) is 0 Å². The average Bonchev–Trinajstić information content (AvgIpc) is 2.15. The zero-order valence-electron chi connectivity index (χ0n) is 10.8. The lowest BCUT2D eigenvalue weighted by Crippen LogP contribution is -2.26. The molecule has 0 fully saturated rings. The van der Waals surface area contributed by atoms with Gasteiger partial charge in [0.25, 0.3) is 0 Å². The summed E-state index contributed by atoms with van der Waals surface area (Å²) in [4.78, 5) is 0. The molecule has 0 heterocycles. The molecule has 0 amide bonds. The second kappa shape index (κ2) is 5.35. The van der Waals surface area contributed by atoms with Gasteiger partial charge in [0, 0.05) is 6.04 Å². The summed E-state index contributed by atoms with van der Waals surface area (Å²) in [5.41, 5.74) is 7.34. The van der Waals surface area contributed by atoms with Crippen molar-refractivity contribution in [3.05, 3.63) is 29.8 Å². The first kappa shape index (κ1) is 13.0. The monoisotopic (exact) mass is 221 g/mol. The molecule has 1 aromatic rings. The molecule has 0 spiro atoms. The molecule has 16 heavy (non-hydrogen) atoms. The van der Waals surface area contributed by atoms with E-state index < -0.39 is 0 Å². The van der Waals surface area contributed by atoms with Gasteiger partial charge in [-0.05, 0) is 36.8 Å². The van der Waals surface area contributed by atoms with Crippen molar-refractivity contribution in [2.45, 2.75) is 39.7 Å². The molecule has 0 saturated heterocycles. The second-order valence-corrected chi connectivity index (χ2v) is 5.33. The van der Waals surface area contributed by atoms with Gasteiger partial charge < -0.3 is 10.5 Å². The number of ether oxygens (including phenoxy) is 1. The number of nitrogens with two attached hydrogens (primary N) is 1. The van der Waals surface area contributed by atoms with E-state index in [0.717, 1.165) is 18.6 Å². The summed E-state index contributed by atoms with van der Waals surface area (Å²) in [6, 6.07) is 8.43. The van der Waals surface area contributed by atoms with Crippen LogP contribution in [0.5, 0.6) is 5.75 Å². The molecule has 2 nitrogen and oxygen atoms in total. The number of para-hydroxylation sites is 1. The molecule has 1 aromatic carbocycles. The maximum atomic E-state index is 5.87. The Morgan fingerprint density at radius 1 is 1.31 bits per heavy atom. The van der Waals surface area contributed by atoms with Crippen molar-refractivity contribution in [3.8, 4) is 5.75 Å². The number of methoxy groups -OCH3 is 1. The van der Waals surface area contributed by atoms with Gasteiger partial charge in [-0.25, -0.2) is 0 Å². The smallest absolute Gasteiger partial charge is 0.122 e.